The Morgan fingerprint density at radius 2 is 1.92 bits per heavy atom. The van der Waals surface area contributed by atoms with Crippen molar-refractivity contribution in [1.29, 1.82) is 0 Å². The highest BCUT2D eigenvalue weighted by Crippen LogP contribution is 2.22. The van der Waals surface area contributed by atoms with Gasteiger partial charge in [0.05, 0.1) is 24.5 Å². The summed E-state index contributed by atoms with van der Waals surface area (Å²) in [5.41, 5.74) is 0.0304. The zero-order valence-electron chi connectivity index (χ0n) is 15.5. The first-order valence-electron chi connectivity index (χ1n) is 8.45. The van der Waals surface area contributed by atoms with Crippen molar-refractivity contribution in [2.75, 3.05) is 6.67 Å². The average molecular weight is 383 g/mol. The van der Waals surface area contributed by atoms with E-state index < -0.39 is 12.2 Å². The third kappa shape index (κ3) is 5.21. The van der Waals surface area contributed by atoms with Crippen LogP contribution in [0.15, 0.2) is 35.3 Å². The van der Waals surface area contributed by atoms with Crippen LogP contribution in [-0.4, -0.2) is 22.6 Å². The van der Waals surface area contributed by atoms with Crippen molar-refractivity contribution < 1.29 is 13.9 Å². The molecule has 1 aromatic heterocycles. The molecule has 0 fully saturated rings. The van der Waals surface area contributed by atoms with Crippen LogP contribution in [0.4, 0.5) is 4.39 Å². The van der Waals surface area contributed by atoms with Gasteiger partial charge < -0.3 is 9.47 Å². The van der Waals surface area contributed by atoms with Crippen LogP contribution >= 0.6 is 11.6 Å². The predicted molar refractivity (Wildman–Crippen MR) is 100.0 cm³/mol. The van der Waals surface area contributed by atoms with Gasteiger partial charge >= 0.3 is 0 Å². The van der Waals surface area contributed by atoms with Gasteiger partial charge in [0.1, 0.15) is 12.4 Å². The number of halogens is 2. The van der Waals surface area contributed by atoms with Crippen LogP contribution in [0.3, 0.4) is 0 Å². The summed E-state index contributed by atoms with van der Waals surface area (Å²) in [7, 11) is 0. The van der Waals surface area contributed by atoms with E-state index in [1.54, 1.807) is 12.1 Å². The fraction of sp³-hybridized carbons (Fsp3) is 0.474. The molecule has 0 aliphatic rings. The molecule has 0 saturated carbocycles. The van der Waals surface area contributed by atoms with Gasteiger partial charge in [-0.1, -0.05) is 23.7 Å². The van der Waals surface area contributed by atoms with E-state index in [2.05, 4.69) is 5.10 Å². The van der Waals surface area contributed by atoms with E-state index in [1.165, 1.54) is 10.9 Å². The van der Waals surface area contributed by atoms with E-state index in [-0.39, 0.29) is 29.0 Å². The summed E-state index contributed by atoms with van der Waals surface area (Å²) in [6.45, 7) is 7.27. The van der Waals surface area contributed by atoms with E-state index in [9.17, 15) is 9.18 Å². The molecule has 26 heavy (non-hydrogen) atoms. The standard InChI is InChI=1S/C19H24ClFN2O3/c1-13(9-10-21)26-15-7-5-14(6-8-15)12-25-16-11-22-23(19(2,3)4)18(24)17(16)20/h5-8,11,13H,9-10,12H2,1-4H3. The van der Waals surface area contributed by atoms with Crippen molar-refractivity contribution in [3.8, 4) is 11.5 Å². The first-order valence-corrected chi connectivity index (χ1v) is 8.83. The van der Waals surface area contributed by atoms with Crippen LogP contribution in [0, 0.1) is 0 Å². The zero-order valence-corrected chi connectivity index (χ0v) is 16.2. The summed E-state index contributed by atoms with van der Waals surface area (Å²) in [6.07, 6.45) is 1.63. The topological polar surface area (TPSA) is 53.4 Å². The molecule has 0 spiro atoms. The number of nitrogens with zero attached hydrogens (tertiary/aromatic N) is 2. The molecule has 1 aromatic carbocycles. The molecule has 7 heteroatoms. The highest BCUT2D eigenvalue weighted by molar-refractivity contribution is 6.31. The van der Waals surface area contributed by atoms with Crippen LogP contribution in [0.1, 0.15) is 39.7 Å². The van der Waals surface area contributed by atoms with Gasteiger partial charge in [0.15, 0.2) is 10.8 Å². The molecular weight excluding hydrogens is 359 g/mol. The number of alkyl halides is 1. The molecule has 1 atom stereocenters. The highest BCUT2D eigenvalue weighted by Gasteiger charge is 2.20. The van der Waals surface area contributed by atoms with Gasteiger partial charge in [-0.3, -0.25) is 9.18 Å². The molecule has 0 saturated heterocycles. The highest BCUT2D eigenvalue weighted by atomic mass is 35.5. The number of benzene rings is 1. The number of ether oxygens (including phenoxy) is 2. The lowest BCUT2D eigenvalue weighted by Crippen LogP contribution is -2.36. The van der Waals surface area contributed by atoms with Gasteiger partial charge in [0.2, 0.25) is 0 Å². The van der Waals surface area contributed by atoms with Crippen molar-refractivity contribution in [2.24, 2.45) is 0 Å². The maximum Gasteiger partial charge on any atom is 0.289 e. The summed E-state index contributed by atoms with van der Waals surface area (Å²) in [6, 6.07) is 7.28. The molecule has 1 unspecified atom stereocenters. The van der Waals surface area contributed by atoms with Crippen LogP contribution in [0.5, 0.6) is 11.5 Å². The largest absolute Gasteiger partial charge is 0.491 e. The van der Waals surface area contributed by atoms with Gasteiger partial charge in [-0.05, 0) is 45.4 Å². The maximum absolute atomic E-state index is 12.3. The summed E-state index contributed by atoms with van der Waals surface area (Å²) in [5, 5.41) is 4.14. The van der Waals surface area contributed by atoms with Gasteiger partial charge in [-0.25, -0.2) is 4.68 Å². The Morgan fingerprint density at radius 3 is 2.50 bits per heavy atom. The SMILES string of the molecule is CC(CCF)Oc1ccc(COc2cnn(C(C)(C)C)c(=O)c2Cl)cc1. The second-order valence-electron chi connectivity index (χ2n) is 7.05. The van der Waals surface area contributed by atoms with E-state index in [4.69, 9.17) is 21.1 Å². The van der Waals surface area contributed by atoms with Crippen molar-refractivity contribution in [2.45, 2.75) is 52.4 Å². The Kier molecular flexibility index (Phi) is 6.64. The van der Waals surface area contributed by atoms with E-state index in [0.717, 1.165) is 5.56 Å². The van der Waals surface area contributed by atoms with Crippen LogP contribution in [-0.2, 0) is 12.1 Å². The number of hydrogen-bond acceptors (Lipinski definition) is 4. The Balaban J connectivity index is 2.03. The summed E-state index contributed by atoms with van der Waals surface area (Å²) in [4.78, 5) is 12.3. The van der Waals surface area contributed by atoms with Gasteiger partial charge in [0.25, 0.3) is 5.56 Å². The quantitative estimate of drug-likeness (QED) is 0.714. The first-order chi connectivity index (χ1) is 12.2. The minimum atomic E-state index is -0.464. The molecule has 1 heterocycles. The Morgan fingerprint density at radius 1 is 1.27 bits per heavy atom. The molecule has 0 radical (unpaired) electrons. The normalized spacial score (nSPS) is 12.7. The van der Waals surface area contributed by atoms with Gasteiger partial charge in [0, 0.05) is 6.42 Å². The summed E-state index contributed by atoms with van der Waals surface area (Å²) in [5.74, 6) is 0.913. The smallest absolute Gasteiger partial charge is 0.289 e. The molecule has 0 N–H and O–H groups in total. The molecule has 0 aliphatic heterocycles. The summed E-state index contributed by atoms with van der Waals surface area (Å²) >= 11 is 6.13. The third-order valence-corrected chi connectivity index (χ3v) is 4.04. The molecule has 0 bridgehead atoms. The molecule has 142 valence electrons. The van der Waals surface area contributed by atoms with Crippen molar-refractivity contribution in [3.63, 3.8) is 0 Å². The van der Waals surface area contributed by atoms with Crippen molar-refractivity contribution >= 4 is 11.6 Å². The number of rotatable bonds is 7. The van der Waals surface area contributed by atoms with E-state index >= 15 is 0 Å². The van der Waals surface area contributed by atoms with Crippen LogP contribution in [0.2, 0.25) is 5.02 Å². The molecule has 0 amide bonds. The molecule has 2 rings (SSSR count). The van der Waals surface area contributed by atoms with E-state index in [0.29, 0.717) is 12.2 Å². The minimum absolute atomic E-state index is 0.00919. The molecule has 5 nitrogen and oxygen atoms in total. The number of aromatic nitrogens is 2. The lowest BCUT2D eigenvalue weighted by atomic mass is 10.1. The van der Waals surface area contributed by atoms with Crippen molar-refractivity contribution in [1.82, 2.24) is 9.78 Å². The maximum atomic E-state index is 12.3. The monoisotopic (exact) mass is 382 g/mol. The van der Waals surface area contributed by atoms with Gasteiger partial charge in [-0.2, -0.15) is 5.10 Å². The second kappa shape index (κ2) is 8.54. The third-order valence-electron chi connectivity index (χ3n) is 3.69. The van der Waals surface area contributed by atoms with Crippen molar-refractivity contribution in [3.05, 3.63) is 51.4 Å². The van der Waals surface area contributed by atoms with Gasteiger partial charge in [-0.15, -0.1) is 0 Å². The predicted octanol–water partition coefficient (Wildman–Crippen LogP) is 4.36. The average Bonchev–Trinajstić information content (AvgIpc) is 2.56. The number of hydrogen-bond donors (Lipinski definition) is 0. The fourth-order valence-corrected chi connectivity index (χ4v) is 2.45. The summed E-state index contributed by atoms with van der Waals surface area (Å²) < 4.78 is 24.8. The molecule has 2 aromatic rings. The first kappa shape index (κ1) is 20.2. The second-order valence-corrected chi connectivity index (χ2v) is 7.43. The Labute approximate surface area is 157 Å². The zero-order chi connectivity index (χ0) is 19.3. The Hall–Kier alpha value is -2.08. The fourth-order valence-electron chi connectivity index (χ4n) is 2.27. The van der Waals surface area contributed by atoms with Crippen LogP contribution in [0.25, 0.3) is 0 Å². The lowest BCUT2D eigenvalue weighted by molar-refractivity contribution is 0.197. The van der Waals surface area contributed by atoms with E-state index in [1.807, 2.05) is 39.8 Å². The van der Waals surface area contributed by atoms with Crippen LogP contribution < -0.4 is 15.0 Å². The molecular formula is C19H24ClFN2O3. The lowest BCUT2D eigenvalue weighted by Gasteiger charge is -2.21. The molecule has 0 aliphatic carbocycles. The Bertz CT molecular complexity index is 785. The minimum Gasteiger partial charge on any atom is -0.491 e.